The Morgan fingerprint density at radius 3 is 2.48 bits per heavy atom. The molecule has 0 aliphatic heterocycles. The quantitative estimate of drug-likeness (QED) is 0.595. The summed E-state index contributed by atoms with van der Waals surface area (Å²) in [6.07, 6.45) is 1.26. The zero-order valence-electron chi connectivity index (χ0n) is 10.9. The summed E-state index contributed by atoms with van der Waals surface area (Å²) >= 11 is 0. The van der Waals surface area contributed by atoms with Crippen molar-refractivity contribution in [1.82, 2.24) is 0 Å². The van der Waals surface area contributed by atoms with Crippen molar-refractivity contribution in [3.05, 3.63) is 59.7 Å². The summed E-state index contributed by atoms with van der Waals surface area (Å²) in [7, 11) is 0. The summed E-state index contributed by atoms with van der Waals surface area (Å²) in [5, 5.41) is 30.5. The lowest BCUT2D eigenvalue weighted by atomic mass is 10.1. The fourth-order valence-corrected chi connectivity index (χ4v) is 1.68. The number of hydrogen-bond acceptors (Lipinski definition) is 4. The number of hydrogen-bond donors (Lipinski definition) is 3. The highest BCUT2D eigenvalue weighted by Crippen LogP contribution is 2.24. The Morgan fingerprint density at radius 2 is 1.86 bits per heavy atom. The van der Waals surface area contributed by atoms with E-state index in [-0.39, 0.29) is 22.6 Å². The third-order valence-electron chi connectivity index (χ3n) is 2.71. The standard InChI is InChI=1S/C16H12N2O3/c17-10-12(8-11-6-7-14(19)9-15(11)20)16(21)18-13-4-2-1-3-5-13/h1-9,19-20H,(H,18,21)/b12-8-. The molecule has 0 fully saturated rings. The molecule has 2 rings (SSSR count). The van der Waals surface area contributed by atoms with Gasteiger partial charge in [-0.05, 0) is 30.3 Å². The molecule has 104 valence electrons. The molecule has 0 unspecified atom stereocenters. The maximum Gasteiger partial charge on any atom is 0.266 e. The van der Waals surface area contributed by atoms with Crippen LogP contribution in [0.2, 0.25) is 0 Å². The number of phenolic OH excluding ortho intramolecular Hbond substituents is 2. The molecule has 5 heteroatoms. The van der Waals surface area contributed by atoms with Crippen molar-refractivity contribution in [3.63, 3.8) is 0 Å². The minimum absolute atomic E-state index is 0.100. The minimum atomic E-state index is -0.573. The van der Waals surface area contributed by atoms with Gasteiger partial charge in [-0.3, -0.25) is 4.79 Å². The van der Waals surface area contributed by atoms with E-state index in [9.17, 15) is 15.0 Å². The molecule has 3 N–H and O–H groups in total. The highest BCUT2D eigenvalue weighted by Gasteiger charge is 2.10. The second kappa shape index (κ2) is 6.26. The number of para-hydroxylation sites is 1. The maximum atomic E-state index is 12.0. The van der Waals surface area contributed by atoms with Gasteiger partial charge in [0.1, 0.15) is 23.1 Å². The molecule has 5 nitrogen and oxygen atoms in total. The van der Waals surface area contributed by atoms with E-state index in [1.54, 1.807) is 30.3 Å². The topological polar surface area (TPSA) is 93.3 Å². The van der Waals surface area contributed by atoms with E-state index in [0.29, 0.717) is 5.69 Å². The largest absolute Gasteiger partial charge is 0.508 e. The summed E-state index contributed by atoms with van der Waals surface area (Å²) < 4.78 is 0. The smallest absolute Gasteiger partial charge is 0.266 e. The number of carbonyl (C=O) groups excluding carboxylic acids is 1. The lowest BCUT2D eigenvalue weighted by molar-refractivity contribution is -0.112. The number of nitriles is 1. The number of aromatic hydroxyl groups is 2. The average Bonchev–Trinajstić information content (AvgIpc) is 2.47. The Labute approximate surface area is 121 Å². The monoisotopic (exact) mass is 280 g/mol. The zero-order chi connectivity index (χ0) is 15.2. The molecule has 0 spiro atoms. The van der Waals surface area contributed by atoms with E-state index in [1.807, 2.05) is 6.07 Å². The Balaban J connectivity index is 2.25. The molecular formula is C16H12N2O3. The number of benzene rings is 2. The molecule has 2 aromatic carbocycles. The van der Waals surface area contributed by atoms with Crippen LogP contribution in [0.3, 0.4) is 0 Å². The van der Waals surface area contributed by atoms with Crippen molar-refractivity contribution in [2.75, 3.05) is 5.32 Å². The van der Waals surface area contributed by atoms with Crippen LogP contribution >= 0.6 is 0 Å². The Morgan fingerprint density at radius 1 is 1.14 bits per heavy atom. The first kappa shape index (κ1) is 14.2. The molecule has 2 aromatic rings. The number of rotatable bonds is 3. The fraction of sp³-hybridized carbons (Fsp3) is 0. The summed E-state index contributed by atoms with van der Waals surface area (Å²) in [5.74, 6) is -0.886. The van der Waals surface area contributed by atoms with Gasteiger partial charge in [0.05, 0.1) is 0 Å². The third-order valence-corrected chi connectivity index (χ3v) is 2.71. The Hall–Kier alpha value is -3.26. The second-order valence-electron chi connectivity index (χ2n) is 4.23. The van der Waals surface area contributed by atoms with Crippen molar-refractivity contribution in [3.8, 4) is 17.6 Å². The first-order valence-corrected chi connectivity index (χ1v) is 6.10. The van der Waals surface area contributed by atoms with Crippen LogP contribution in [0.1, 0.15) is 5.56 Å². The van der Waals surface area contributed by atoms with Gasteiger partial charge in [0.25, 0.3) is 5.91 Å². The lowest BCUT2D eigenvalue weighted by Gasteiger charge is -2.04. The van der Waals surface area contributed by atoms with Crippen LogP contribution in [-0.4, -0.2) is 16.1 Å². The highest BCUT2D eigenvalue weighted by molar-refractivity contribution is 6.09. The van der Waals surface area contributed by atoms with Gasteiger partial charge in [0.15, 0.2) is 0 Å². The van der Waals surface area contributed by atoms with E-state index in [4.69, 9.17) is 5.26 Å². The molecule has 1 amide bonds. The van der Waals surface area contributed by atoms with Gasteiger partial charge < -0.3 is 15.5 Å². The fourth-order valence-electron chi connectivity index (χ4n) is 1.68. The number of phenols is 2. The number of nitrogens with zero attached hydrogens (tertiary/aromatic N) is 1. The van der Waals surface area contributed by atoms with Crippen LogP contribution in [0.15, 0.2) is 54.1 Å². The summed E-state index contributed by atoms with van der Waals surface area (Å²) in [5.41, 5.74) is 0.686. The van der Waals surface area contributed by atoms with E-state index >= 15 is 0 Å². The van der Waals surface area contributed by atoms with Gasteiger partial charge in [-0.25, -0.2) is 0 Å². The number of carbonyl (C=O) groups is 1. The number of anilines is 1. The summed E-state index contributed by atoms with van der Waals surface area (Å²) in [4.78, 5) is 12.0. The molecule has 0 saturated carbocycles. The van der Waals surface area contributed by atoms with Gasteiger partial charge in [0, 0.05) is 17.3 Å². The van der Waals surface area contributed by atoms with Gasteiger partial charge in [-0.1, -0.05) is 18.2 Å². The molecule has 21 heavy (non-hydrogen) atoms. The molecule has 0 atom stereocenters. The number of nitrogens with one attached hydrogen (secondary N) is 1. The van der Waals surface area contributed by atoms with E-state index < -0.39 is 5.91 Å². The van der Waals surface area contributed by atoms with Crippen molar-refractivity contribution in [2.45, 2.75) is 0 Å². The average molecular weight is 280 g/mol. The van der Waals surface area contributed by atoms with Crippen LogP contribution in [0.5, 0.6) is 11.5 Å². The summed E-state index contributed by atoms with van der Waals surface area (Å²) in [6, 6.07) is 14.4. The summed E-state index contributed by atoms with van der Waals surface area (Å²) in [6.45, 7) is 0. The molecule has 0 aliphatic carbocycles. The first-order valence-electron chi connectivity index (χ1n) is 6.10. The van der Waals surface area contributed by atoms with E-state index in [1.165, 1.54) is 18.2 Å². The van der Waals surface area contributed by atoms with Crippen molar-refractivity contribution in [2.24, 2.45) is 0 Å². The third kappa shape index (κ3) is 3.61. The van der Waals surface area contributed by atoms with Crippen molar-refractivity contribution >= 4 is 17.7 Å². The van der Waals surface area contributed by atoms with Gasteiger partial charge in [-0.15, -0.1) is 0 Å². The van der Waals surface area contributed by atoms with Gasteiger partial charge in [0.2, 0.25) is 0 Å². The molecule has 0 heterocycles. The highest BCUT2D eigenvalue weighted by atomic mass is 16.3. The zero-order valence-corrected chi connectivity index (χ0v) is 10.9. The molecule has 0 radical (unpaired) electrons. The predicted octanol–water partition coefficient (Wildman–Crippen LogP) is 2.64. The van der Waals surface area contributed by atoms with E-state index in [0.717, 1.165) is 6.07 Å². The van der Waals surface area contributed by atoms with E-state index in [2.05, 4.69) is 5.32 Å². The van der Waals surface area contributed by atoms with Crippen molar-refractivity contribution < 1.29 is 15.0 Å². The normalized spacial score (nSPS) is 10.7. The SMILES string of the molecule is N#C/C(=C/c1ccc(O)cc1O)C(=O)Nc1ccccc1. The van der Waals surface area contributed by atoms with Crippen LogP contribution in [-0.2, 0) is 4.79 Å². The van der Waals surface area contributed by atoms with Crippen LogP contribution in [0.25, 0.3) is 6.08 Å². The second-order valence-corrected chi connectivity index (χ2v) is 4.23. The van der Waals surface area contributed by atoms with Gasteiger partial charge >= 0.3 is 0 Å². The molecule has 0 bridgehead atoms. The van der Waals surface area contributed by atoms with Gasteiger partial charge in [-0.2, -0.15) is 5.26 Å². The Kier molecular flexibility index (Phi) is 4.22. The predicted molar refractivity (Wildman–Crippen MR) is 78.4 cm³/mol. The molecule has 0 aromatic heterocycles. The van der Waals surface area contributed by atoms with Crippen LogP contribution in [0.4, 0.5) is 5.69 Å². The van der Waals surface area contributed by atoms with Crippen LogP contribution in [0, 0.1) is 11.3 Å². The molecule has 0 aliphatic rings. The lowest BCUT2D eigenvalue weighted by Crippen LogP contribution is -2.13. The first-order chi connectivity index (χ1) is 10.1. The molecular weight excluding hydrogens is 268 g/mol. The Bertz CT molecular complexity index is 731. The van der Waals surface area contributed by atoms with Crippen LogP contribution < -0.4 is 5.32 Å². The number of amides is 1. The maximum absolute atomic E-state index is 12.0. The van der Waals surface area contributed by atoms with Crippen molar-refractivity contribution in [1.29, 1.82) is 5.26 Å². The molecule has 0 saturated heterocycles. The minimum Gasteiger partial charge on any atom is -0.508 e.